The second-order valence-corrected chi connectivity index (χ2v) is 6.00. The summed E-state index contributed by atoms with van der Waals surface area (Å²) in [4.78, 5) is 14.2. The van der Waals surface area contributed by atoms with Crippen LogP contribution < -0.4 is 0 Å². The van der Waals surface area contributed by atoms with Gasteiger partial charge in [0.1, 0.15) is 5.60 Å². The molecule has 1 aliphatic rings. The zero-order valence-electron chi connectivity index (χ0n) is 11.5. The number of rotatable bonds is 3. The highest BCUT2D eigenvalue weighted by Crippen LogP contribution is 2.37. The molecule has 1 aliphatic heterocycles. The van der Waals surface area contributed by atoms with E-state index in [1.165, 1.54) is 0 Å². The Kier molecular flexibility index (Phi) is 3.68. The average Bonchev–Trinajstić information content (AvgIpc) is 2.61. The highest BCUT2D eigenvalue weighted by molar-refractivity contribution is 5.84. The van der Waals surface area contributed by atoms with Gasteiger partial charge in [0, 0.05) is 20.2 Å². The first-order valence-corrected chi connectivity index (χ1v) is 6.07. The van der Waals surface area contributed by atoms with Crippen LogP contribution in [0.25, 0.3) is 0 Å². The lowest BCUT2D eigenvalue weighted by atomic mass is 9.78. The predicted molar refractivity (Wildman–Crippen MR) is 65.2 cm³/mol. The van der Waals surface area contributed by atoms with Crippen molar-refractivity contribution in [3.8, 4) is 0 Å². The van der Waals surface area contributed by atoms with Crippen LogP contribution in [0.5, 0.6) is 0 Å². The number of ether oxygens (including phenoxy) is 1. The van der Waals surface area contributed by atoms with Crippen molar-refractivity contribution < 1.29 is 9.53 Å². The Balaban J connectivity index is 2.71. The third kappa shape index (κ3) is 2.40. The molecular weight excluding hydrogens is 202 g/mol. The van der Waals surface area contributed by atoms with Gasteiger partial charge in [0.05, 0.1) is 0 Å². The monoisotopic (exact) mass is 227 g/mol. The molecule has 94 valence electrons. The molecule has 1 amide bonds. The van der Waals surface area contributed by atoms with Crippen molar-refractivity contribution in [1.29, 1.82) is 0 Å². The van der Waals surface area contributed by atoms with Crippen molar-refractivity contribution in [1.82, 2.24) is 4.90 Å². The molecule has 0 aromatic carbocycles. The predicted octanol–water partition coefficient (Wildman–Crippen LogP) is 2.31. The highest BCUT2D eigenvalue weighted by Gasteiger charge is 2.42. The number of nitrogens with zero attached hydrogens (tertiary/aromatic N) is 1. The Morgan fingerprint density at radius 2 is 2.00 bits per heavy atom. The van der Waals surface area contributed by atoms with Gasteiger partial charge in [-0.3, -0.25) is 4.79 Å². The largest absolute Gasteiger partial charge is 0.369 e. The van der Waals surface area contributed by atoms with E-state index in [1.807, 2.05) is 18.7 Å². The van der Waals surface area contributed by atoms with E-state index in [0.717, 1.165) is 19.5 Å². The minimum absolute atomic E-state index is 0.111. The first-order valence-electron chi connectivity index (χ1n) is 6.07. The number of amides is 1. The molecule has 0 saturated carbocycles. The molecule has 3 heteroatoms. The maximum Gasteiger partial charge on any atom is 0.254 e. The van der Waals surface area contributed by atoms with E-state index in [1.54, 1.807) is 7.11 Å². The van der Waals surface area contributed by atoms with Crippen LogP contribution in [0.4, 0.5) is 0 Å². The topological polar surface area (TPSA) is 29.5 Å². The van der Waals surface area contributed by atoms with Crippen molar-refractivity contribution in [2.45, 2.75) is 46.6 Å². The van der Waals surface area contributed by atoms with Crippen molar-refractivity contribution in [2.75, 3.05) is 20.2 Å². The first-order chi connectivity index (χ1) is 7.23. The Morgan fingerprint density at radius 3 is 2.38 bits per heavy atom. The molecule has 0 unspecified atom stereocenters. The van der Waals surface area contributed by atoms with Crippen LogP contribution in [-0.2, 0) is 9.53 Å². The molecule has 0 bridgehead atoms. The Hall–Kier alpha value is -0.570. The summed E-state index contributed by atoms with van der Waals surface area (Å²) in [6.45, 7) is 12.1. The van der Waals surface area contributed by atoms with Crippen LogP contribution in [0.15, 0.2) is 0 Å². The molecular formula is C13H25NO2. The molecule has 3 nitrogen and oxygen atoms in total. The molecule has 0 aliphatic carbocycles. The van der Waals surface area contributed by atoms with Gasteiger partial charge in [-0.1, -0.05) is 20.8 Å². The standard InChI is InChI=1S/C13H25NO2/c1-10(2)13(5)7-8-14(9-13)11(15)12(3,4)16-6/h10H,7-9H2,1-6H3/t13-/m0/s1. The van der Waals surface area contributed by atoms with E-state index in [-0.39, 0.29) is 11.3 Å². The summed E-state index contributed by atoms with van der Waals surface area (Å²) in [6, 6.07) is 0. The van der Waals surface area contributed by atoms with Crippen molar-refractivity contribution >= 4 is 5.91 Å². The number of hydrogen-bond acceptors (Lipinski definition) is 2. The summed E-state index contributed by atoms with van der Waals surface area (Å²) in [5, 5.41) is 0. The SMILES string of the molecule is COC(C)(C)C(=O)N1CC[C@](C)(C(C)C)C1. The van der Waals surface area contributed by atoms with Crippen LogP contribution in [-0.4, -0.2) is 36.6 Å². The maximum absolute atomic E-state index is 12.2. The van der Waals surface area contributed by atoms with E-state index < -0.39 is 5.60 Å². The summed E-state index contributed by atoms with van der Waals surface area (Å²) in [6.07, 6.45) is 1.09. The fraction of sp³-hybridized carbons (Fsp3) is 0.923. The molecule has 1 atom stereocenters. The molecule has 0 aromatic rings. The zero-order valence-corrected chi connectivity index (χ0v) is 11.5. The number of carbonyl (C=O) groups is 1. The van der Waals surface area contributed by atoms with Gasteiger partial charge in [0.2, 0.25) is 0 Å². The second kappa shape index (κ2) is 4.36. The van der Waals surface area contributed by atoms with Crippen LogP contribution >= 0.6 is 0 Å². The van der Waals surface area contributed by atoms with Gasteiger partial charge in [-0.05, 0) is 31.6 Å². The molecule has 1 heterocycles. The zero-order chi connectivity index (χ0) is 12.6. The lowest BCUT2D eigenvalue weighted by Crippen LogP contribution is -2.46. The summed E-state index contributed by atoms with van der Waals surface area (Å²) in [5.41, 5.74) is -0.429. The van der Waals surface area contributed by atoms with Gasteiger partial charge in [0.25, 0.3) is 5.91 Å². The van der Waals surface area contributed by atoms with Crippen molar-refractivity contribution in [2.24, 2.45) is 11.3 Å². The molecule has 0 N–H and O–H groups in total. The lowest BCUT2D eigenvalue weighted by Gasteiger charge is -2.31. The van der Waals surface area contributed by atoms with Crippen LogP contribution in [0, 0.1) is 11.3 Å². The number of methoxy groups -OCH3 is 1. The smallest absolute Gasteiger partial charge is 0.254 e. The lowest BCUT2D eigenvalue weighted by molar-refractivity contribution is -0.150. The first kappa shape index (κ1) is 13.5. The number of likely N-dealkylation sites (tertiary alicyclic amines) is 1. The van der Waals surface area contributed by atoms with Gasteiger partial charge in [-0.25, -0.2) is 0 Å². The van der Waals surface area contributed by atoms with Gasteiger partial charge in [-0.15, -0.1) is 0 Å². The minimum atomic E-state index is -0.692. The Bertz CT molecular complexity index is 273. The minimum Gasteiger partial charge on any atom is -0.369 e. The quantitative estimate of drug-likeness (QED) is 0.740. The van der Waals surface area contributed by atoms with Gasteiger partial charge in [-0.2, -0.15) is 0 Å². The van der Waals surface area contributed by atoms with Crippen molar-refractivity contribution in [3.05, 3.63) is 0 Å². The second-order valence-electron chi connectivity index (χ2n) is 6.00. The average molecular weight is 227 g/mol. The summed E-state index contributed by atoms with van der Waals surface area (Å²) < 4.78 is 5.25. The molecule has 1 rings (SSSR count). The van der Waals surface area contributed by atoms with Gasteiger partial charge < -0.3 is 9.64 Å². The summed E-state index contributed by atoms with van der Waals surface area (Å²) in [5.74, 6) is 0.718. The summed E-state index contributed by atoms with van der Waals surface area (Å²) >= 11 is 0. The van der Waals surface area contributed by atoms with E-state index in [4.69, 9.17) is 4.74 Å². The molecule has 0 aromatic heterocycles. The van der Waals surface area contributed by atoms with E-state index in [9.17, 15) is 4.79 Å². The molecule has 16 heavy (non-hydrogen) atoms. The fourth-order valence-electron chi connectivity index (χ4n) is 2.10. The van der Waals surface area contributed by atoms with Gasteiger partial charge >= 0.3 is 0 Å². The highest BCUT2D eigenvalue weighted by atomic mass is 16.5. The van der Waals surface area contributed by atoms with Crippen molar-refractivity contribution in [3.63, 3.8) is 0 Å². The summed E-state index contributed by atoms with van der Waals surface area (Å²) in [7, 11) is 1.59. The van der Waals surface area contributed by atoms with Gasteiger partial charge in [0.15, 0.2) is 0 Å². The fourth-order valence-corrected chi connectivity index (χ4v) is 2.10. The molecule has 0 radical (unpaired) electrons. The maximum atomic E-state index is 12.2. The van der Waals surface area contributed by atoms with E-state index in [0.29, 0.717) is 5.92 Å². The normalized spacial score (nSPS) is 26.6. The number of hydrogen-bond donors (Lipinski definition) is 0. The van der Waals surface area contributed by atoms with E-state index >= 15 is 0 Å². The molecule has 1 fully saturated rings. The molecule has 0 spiro atoms. The Morgan fingerprint density at radius 1 is 1.44 bits per heavy atom. The molecule has 1 saturated heterocycles. The number of carbonyl (C=O) groups excluding carboxylic acids is 1. The van der Waals surface area contributed by atoms with Crippen LogP contribution in [0.1, 0.15) is 41.0 Å². The third-order valence-electron chi connectivity index (χ3n) is 4.21. The van der Waals surface area contributed by atoms with Crippen LogP contribution in [0.2, 0.25) is 0 Å². The van der Waals surface area contributed by atoms with Crippen LogP contribution in [0.3, 0.4) is 0 Å². The van der Waals surface area contributed by atoms with E-state index in [2.05, 4.69) is 20.8 Å². The third-order valence-corrected chi connectivity index (χ3v) is 4.21. The Labute approximate surface area is 99.1 Å².